The van der Waals surface area contributed by atoms with Crippen LogP contribution in [0.5, 0.6) is 0 Å². The number of hydrogen-bond acceptors (Lipinski definition) is 5. The highest BCUT2D eigenvalue weighted by atomic mass is 17.3. The van der Waals surface area contributed by atoms with Crippen LogP contribution in [0.4, 0.5) is 0 Å². The van der Waals surface area contributed by atoms with Crippen LogP contribution in [0.3, 0.4) is 0 Å². The maximum atomic E-state index is 10.5. The number of aliphatic hydroxyl groups is 1. The van der Waals surface area contributed by atoms with E-state index in [0.29, 0.717) is 12.8 Å². The Hall–Kier alpha value is -0.200. The van der Waals surface area contributed by atoms with Crippen LogP contribution in [-0.2, 0) is 19.6 Å². The number of hydrogen-bond donors (Lipinski definition) is 1. The minimum Gasteiger partial charge on any atom is -0.363 e. The van der Waals surface area contributed by atoms with Crippen molar-refractivity contribution in [3.05, 3.63) is 0 Å². The molecule has 0 aromatic carbocycles. The summed E-state index contributed by atoms with van der Waals surface area (Å²) in [5.74, 6) is -2.07. The summed E-state index contributed by atoms with van der Waals surface area (Å²) in [5.41, 5.74) is -0.357. The molecule has 2 saturated carbocycles. The zero-order chi connectivity index (χ0) is 16.8. The molecule has 0 radical (unpaired) electrons. The molecule has 5 heteroatoms. The summed E-state index contributed by atoms with van der Waals surface area (Å²) in [6, 6.07) is 0. The lowest BCUT2D eigenvalue weighted by atomic mass is 9.94. The Balaban J connectivity index is 1.92. The van der Waals surface area contributed by atoms with Gasteiger partial charge >= 0.3 is 0 Å². The van der Waals surface area contributed by atoms with E-state index in [1.54, 1.807) is 0 Å². The monoisotopic (exact) mass is 330 g/mol. The van der Waals surface area contributed by atoms with Crippen molar-refractivity contribution in [1.82, 2.24) is 0 Å². The van der Waals surface area contributed by atoms with Crippen molar-refractivity contribution in [2.45, 2.75) is 115 Å². The lowest BCUT2D eigenvalue weighted by Crippen LogP contribution is -2.45. The van der Waals surface area contributed by atoms with Crippen LogP contribution in [0.25, 0.3) is 0 Å². The minimum atomic E-state index is -1.18. The Morgan fingerprint density at radius 2 is 1.39 bits per heavy atom. The second-order valence-electron chi connectivity index (χ2n) is 7.82. The summed E-state index contributed by atoms with van der Waals surface area (Å²) in [6.45, 7) is 6.16. The molecule has 0 heterocycles. The lowest BCUT2D eigenvalue weighted by molar-refractivity contribution is -0.566. The standard InChI is InChI=1S/C18H34O5/c1-4-11-16(2,3)20-22-18(14-9-6-10-15-18)23-21-17(19)12-7-5-8-13-17/h19H,4-15H2,1-3H3. The van der Waals surface area contributed by atoms with Crippen molar-refractivity contribution in [2.75, 3.05) is 0 Å². The van der Waals surface area contributed by atoms with Gasteiger partial charge in [0, 0.05) is 25.7 Å². The van der Waals surface area contributed by atoms with Crippen molar-refractivity contribution in [3.63, 3.8) is 0 Å². The van der Waals surface area contributed by atoms with Crippen molar-refractivity contribution in [1.29, 1.82) is 0 Å². The van der Waals surface area contributed by atoms with Crippen molar-refractivity contribution >= 4 is 0 Å². The first-order valence-corrected chi connectivity index (χ1v) is 9.35. The molecule has 0 atom stereocenters. The third-order valence-electron chi connectivity index (χ3n) is 4.87. The zero-order valence-corrected chi connectivity index (χ0v) is 15.1. The highest BCUT2D eigenvalue weighted by Gasteiger charge is 2.42. The average Bonchev–Trinajstić information content (AvgIpc) is 2.53. The van der Waals surface area contributed by atoms with E-state index >= 15 is 0 Å². The van der Waals surface area contributed by atoms with Crippen LogP contribution >= 0.6 is 0 Å². The van der Waals surface area contributed by atoms with Gasteiger partial charge in [-0.05, 0) is 46.0 Å². The van der Waals surface area contributed by atoms with Crippen molar-refractivity contribution in [3.8, 4) is 0 Å². The van der Waals surface area contributed by atoms with Gasteiger partial charge in [0.15, 0.2) is 5.79 Å². The van der Waals surface area contributed by atoms with Crippen LogP contribution in [0.15, 0.2) is 0 Å². The molecule has 136 valence electrons. The summed E-state index contributed by atoms with van der Waals surface area (Å²) < 4.78 is 0. The molecule has 0 amide bonds. The predicted molar refractivity (Wildman–Crippen MR) is 87.2 cm³/mol. The first kappa shape index (κ1) is 19.1. The van der Waals surface area contributed by atoms with Gasteiger partial charge in [0.05, 0.1) is 5.60 Å². The van der Waals surface area contributed by atoms with E-state index in [1.165, 1.54) is 0 Å². The summed E-state index contributed by atoms with van der Waals surface area (Å²) in [5, 5.41) is 10.5. The van der Waals surface area contributed by atoms with Gasteiger partial charge in [-0.25, -0.2) is 4.89 Å². The molecule has 0 spiro atoms. The highest BCUT2D eigenvalue weighted by molar-refractivity contribution is 4.76. The SMILES string of the molecule is CCCC(C)(C)OOC1(OOC2(O)CCCCC2)CCCCC1. The normalized spacial score (nSPS) is 24.5. The smallest absolute Gasteiger partial charge is 0.234 e. The van der Waals surface area contributed by atoms with E-state index in [9.17, 15) is 5.11 Å². The van der Waals surface area contributed by atoms with Gasteiger partial charge < -0.3 is 5.11 Å². The molecule has 2 aliphatic rings. The molecular weight excluding hydrogens is 296 g/mol. The van der Waals surface area contributed by atoms with Crippen LogP contribution in [0.2, 0.25) is 0 Å². The Kier molecular flexibility index (Phi) is 6.87. The lowest BCUT2D eigenvalue weighted by Gasteiger charge is -2.39. The molecule has 2 rings (SSSR count). The summed E-state index contributed by atoms with van der Waals surface area (Å²) >= 11 is 0. The van der Waals surface area contributed by atoms with E-state index < -0.39 is 11.6 Å². The van der Waals surface area contributed by atoms with Gasteiger partial charge in [0.1, 0.15) is 0 Å². The quantitative estimate of drug-likeness (QED) is 0.394. The van der Waals surface area contributed by atoms with Gasteiger partial charge in [-0.2, -0.15) is 14.7 Å². The summed E-state index contributed by atoms with van der Waals surface area (Å²) in [6.07, 6.45) is 10.9. The third-order valence-corrected chi connectivity index (χ3v) is 4.87. The van der Waals surface area contributed by atoms with E-state index in [0.717, 1.165) is 64.2 Å². The Bertz CT molecular complexity index is 343. The zero-order valence-electron chi connectivity index (χ0n) is 15.1. The van der Waals surface area contributed by atoms with Gasteiger partial charge in [-0.3, -0.25) is 0 Å². The summed E-state index contributed by atoms with van der Waals surface area (Å²) in [7, 11) is 0. The fourth-order valence-electron chi connectivity index (χ4n) is 3.44. The Labute approximate surface area is 140 Å². The third kappa shape index (κ3) is 5.98. The first-order chi connectivity index (χ1) is 10.9. The fraction of sp³-hybridized carbons (Fsp3) is 1.00. The molecule has 0 saturated heterocycles. The van der Waals surface area contributed by atoms with Crippen LogP contribution < -0.4 is 0 Å². The molecule has 0 aromatic rings. The van der Waals surface area contributed by atoms with Crippen LogP contribution in [-0.4, -0.2) is 22.3 Å². The highest BCUT2D eigenvalue weighted by Crippen LogP contribution is 2.38. The van der Waals surface area contributed by atoms with Crippen molar-refractivity contribution in [2.24, 2.45) is 0 Å². The van der Waals surface area contributed by atoms with Gasteiger partial charge in [0.2, 0.25) is 5.79 Å². The molecule has 0 bridgehead atoms. The first-order valence-electron chi connectivity index (χ1n) is 9.35. The molecule has 2 fully saturated rings. The maximum Gasteiger partial charge on any atom is 0.234 e. The maximum absolute atomic E-state index is 10.5. The van der Waals surface area contributed by atoms with E-state index in [-0.39, 0.29) is 5.60 Å². The average molecular weight is 330 g/mol. The second kappa shape index (κ2) is 8.26. The Morgan fingerprint density at radius 3 is 1.96 bits per heavy atom. The van der Waals surface area contributed by atoms with Gasteiger partial charge in [0.25, 0.3) is 0 Å². The van der Waals surface area contributed by atoms with Crippen molar-refractivity contribution < 1.29 is 24.7 Å². The minimum absolute atomic E-state index is 0.357. The van der Waals surface area contributed by atoms with E-state index in [2.05, 4.69) is 6.92 Å². The fourth-order valence-corrected chi connectivity index (χ4v) is 3.44. The molecule has 5 nitrogen and oxygen atoms in total. The Morgan fingerprint density at radius 1 is 0.826 bits per heavy atom. The van der Waals surface area contributed by atoms with Gasteiger partial charge in [-0.1, -0.05) is 26.2 Å². The topological polar surface area (TPSA) is 57.2 Å². The molecular formula is C18H34O5. The predicted octanol–water partition coefficient (Wildman–Crippen LogP) is 4.77. The molecule has 23 heavy (non-hydrogen) atoms. The molecule has 0 aromatic heterocycles. The summed E-state index contributed by atoms with van der Waals surface area (Å²) in [4.78, 5) is 22.6. The van der Waals surface area contributed by atoms with E-state index in [1.807, 2.05) is 13.8 Å². The number of rotatable bonds is 8. The van der Waals surface area contributed by atoms with Crippen LogP contribution in [0.1, 0.15) is 97.8 Å². The van der Waals surface area contributed by atoms with Gasteiger partial charge in [-0.15, -0.1) is 0 Å². The second-order valence-corrected chi connectivity index (χ2v) is 7.82. The van der Waals surface area contributed by atoms with E-state index in [4.69, 9.17) is 19.6 Å². The molecule has 2 aliphatic carbocycles. The molecule has 0 unspecified atom stereocenters. The molecule has 1 N–H and O–H groups in total. The largest absolute Gasteiger partial charge is 0.363 e. The molecule has 0 aliphatic heterocycles. The van der Waals surface area contributed by atoms with Crippen LogP contribution in [0, 0.1) is 0 Å².